The molecule has 0 saturated heterocycles. The highest BCUT2D eigenvalue weighted by Crippen LogP contribution is 2.30. The Kier molecular flexibility index (Phi) is 4.78. The van der Waals surface area contributed by atoms with E-state index in [1.165, 1.54) is 4.88 Å². The Morgan fingerprint density at radius 3 is 2.80 bits per heavy atom. The van der Waals surface area contributed by atoms with Crippen molar-refractivity contribution in [3.63, 3.8) is 0 Å². The molecule has 1 heterocycles. The second kappa shape index (κ2) is 6.56. The van der Waals surface area contributed by atoms with E-state index in [2.05, 4.69) is 46.8 Å². The lowest BCUT2D eigenvalue weighted by molar-refractivity contribution is 0.752. The molecule has 1 unspecified atom stereocenters. The van der Waals surface area contributed by atoms with Crippen molar-refractivity contribution in [2.75, 3.05) is 19.0 Å². The standard InChI is InChI=1S/C16H19N3S/c1-12(16-5-4-8-20-16)19(3)15-7-6-13(11-18-2)9-14(15)10-17/h4-9,12,18H,11H2,1-3H3. The molecule has 0 radical (unpaired) electrons. The van der Waals surface area contributed by atoms with Gasteiger partial charge in [0.25, 0.3) is 0 Å². The topological polar surface area (TPSA) is 39.1 Å². The largest absolute Gasteiger partial charge is 0.366 e. The summed E-state index contributed by atoms with van der Waals surface area (Å²) < 4.78 is 0. The zero-order chi connectivity index (χ0) is 14.5. The maximum atomic E-state index is 9.38. The van der Waals surface area contributed by atoms with Crippen LogP contribution in [-0.2, 0) is 6.54 Å². The average molecular weight is 285 g/mol. The molecular weight excluding hydrogens is 266 g/mol. The second-order valence-electron chi connectivity index (χ2n) is 4.80. The third kappa shape index (κ3) is 3.01. The molecule has 3 nitrogen and oxygen atoms in total. The first kappa shape index (κ1) is 14.6. The monoisotopic (exact) mass is 285 g/mol. The summed E-state index contributed by atoms with van der Waals surface area (Å²) in [5.41, 5.74) is 2.84. The SMILES string of the molecule is CNCc1ccc(N(C)C(C)c2cccs2)c(C#N)c1. The van der Waals surface area contributed by atoms with Crippen molar-refractivity contribution in [3.05, 3.63) is 51.7 Å². The molecule has 0 aliphatic carbocycles. The van der Waals surface area contributed by atoms with Crippen LogP contribution in [0.25, 0.3) is 0 Å². The Balaban J connectivity index is 2.30. The van der Waals surface area contributed by atoms with Crippen molar-refractivity contribution < 1.29 is 0 Å². The lowest BCUT2D eigenvalue weighted by atomic mass is 10.1. The van der Waals surface area contributed by atoms with Crippen LogP contribution in [0.15, 0.2) is 35.7 Å². The smallest absolute Gasteiger partial charge is 0.101 e. The highest BCUT2D eigenvalue weighted by atomic mass is 32.1. The van der Waals surface area contributed by atoms with Gasteiger partial charge in [0.1, 0.15) is 6.07 Å². The van der Waals surface area contributed by atoms with Gasteiger partial charge in [0.2, 0.25) is 0 Å². The van der Waals surface area contributed by atoms with Gasteiger partial charge < -0.3 is 10.2 Å². The van der Waals surface area contributed by atoms with E-state index in [1.54, 1.807) is 11.3 Å². The first-order valence-corrected chi connectivity index (χ1v) is 7.49. The van der Waals surface area contributed by atoms with Crippen molar-refractivity contribution in [1.29, 1.82) is 5.26 Å². The van der Waals surface area contributed by atoms with Crippen molar-refractivity contribution in [3.8, 4) is 6.07 Å². The van der Waals surface area contributed by atoms with Crippen LogP contribution in [0, 0.1) is 11.3 Å². The van der Waals surface area contributed by atoms with E-state index in [4.69, 9.17) is 0 Å². The molecule has 1 N–H and O–H groups in total. The predicted molar refractivity (Wildman–Crippen MR) is 85.1 cm³/mol. The minimum Gasteiger partial charge on any atom is -0.366 e. The highest BCUT2D eigenvalue weighted by molar-refractivity contribution is 7.10. The molecular formula is C16H19N3S. The minimum absolute atomic E-state index is 0.261. The summed E-state index contributed by atoms with van der Waals surface area (Å²) in [4.78, 5) is 3.46. The lowest BCUT2D eigenvalue weighted by Crippen LogP contribution is -2.22. The zero-order valence-electron chi connectivity index (χ0n) is 12.1. The fraction of sp³-hybridized carbons (Fsp3) is 0.312. The first-order chi connectivity index (χ1) is 9.67. The minimum atomic E-state index is 0.261. The molecule has 2 rings (SSSR count). The third-order valence-electron chi connectivity index (χ3n) is 3.48. The summed E-state index contributed by atoms with van der Waals surface area (Å²) >= 11 is 1.74. The Morgan fingerprint density at radius 2 is 2.20 bits per heavy atom. The molecule has 20 heavy (non-hydrogen) atoms. The van der Waals surface area contributed by atoms with E-state index in [9.17, 15) is 5.26 Å². The van der Waals surface area contributed by atoms with Gasteiger partial charge in [-0.05, 0) is 43.1 Å². The Bertz CT molecular complexity index is 599. The molecule has 1 atom stereocenters. The number of thiophene rings is 1. The van der Waals surface area contributed by atoms with Crippen LogP contribution in [0.5, 0.6) is 0 Å². The summed E-state index contributed by atoms with van der Waals surface area (Å²) in [7, 11) is 3.95. The summed E-state index contributed by atoms with van der Waals surface area (Å²) in [6.07, 6.45) is 0. The summed E-state index contributed by atoms with van der Waals surface area (Å²) in [6, 6.07) is 12.8. The number of hydrogen-bond acceptors (Lipinski definition) is 4. The maximum absolute atomic E-state index is 9.38. The van der Waals surface area contributed by atoms with Gasteiger partial charge in [0, 0.05) is 18.5 Å². The van der Waals surface area contributed by atoms with Gasteiger partial charge in [-0.2, -0.15) is 5.26 Å². The predicted octanol–water partition coefficient (Wildman–Crippen LogP) is 3.54. The van der Waals surface area contributed by atoms with E-state index in [1.807, 2.05) is 26.2 Å². The highest BCUT2D eigenvalue weighted by Gasteiger charge is 2.16. The number of hydrogen-bond donors (Lipinski definition) is 1. The molecule has 1 aromatic heterocycles. The van der Waals surface area contributed by atoms with Gasteiger partial charge in [-0.3, -0.25) is 0 Å². The van der Waals surface area contributed by atoms with Gasteiger partial charge in [-0.25, -0.2) is 0 Å². The summed E-state index contributed by atoms with van der Waals surface area (Å²) in [6.45, 7) is 2.94. The molecule has 0 amide bonds. The Morgan fingerprint density at radius 1 is 1.40 bits per heavy atom. The van der Waals surface area contributed by atoms with Crippen molar-refractivity contribution in [2.24, 2.45) is 0 Å². The summed E-state index contributed by atoms with van der Waals surface area (Å²) in [5.74, 6) is 0. The van der Waals surface area contributed by atoms with Gasteiger partial charge in [0.15, 0.2) is 0 Å². The Labute approximate surface area is 124 Å². The fourth-order valence-corrected chi connectivity index (χ4v) is 3.05. The number of nitrogens with zero attached hydrogens (tertiary/aromatic N) is 2. The summed E-state index contributed by atoms with van der Waals surface area (Å²) in [5, 5.41) is 14.6. The number of anilines is 1. The number of nitrogens with one attached hydrogen (secondary N) is 1. The van der Waals surface area contributed by atoms with E-state index >= 15 is 0 Å². The molecule has 4 heteroatoms. The van der Waals surface area contributed by atoms with Gasteiger partial charge in [-0.1, -0.05) is 12.1 Å². The Hall–Kier alpha value is -1.83. The molecule has 1 aromatic carbocycles. The van der Waals surface area contributed by atoms with Crippen molar-refractivity contribution in [1.82, 2.24) is 5.32 Å². The molecule has 0 spiro atoms. The van der Waals surface area contributed by atoms with Crippen LogP contribution in [0.3, 0.4) is 0 Å². The van der Waals surface area contributed by atoms with E-state index in [-0.39, 0.29) is 6.04 Å². The zero-order valence-corrected chi connectivity index (χ0v) is 12.9. The van der Waals surface area contributed by atoms with Crippen LogP contribution in [-0.4, -0.2) is 14.1 Å². The van der Waals surface area contributed by atoms with Crippen LogP contribution in [0.2, 0.25) is 0 Å². The van der Waals surface area contributed by atoms with E-state index in [0.29, 0.717) is 0 Å². The number of nitriles is 1. The quantitative estimate of drug-likeness (QED) is 0.913. The normalized spacial score (nSPS) is 11.9. The van der Waals surface area contributed by atoms with Gasteiger partial charge in [0.05, 0.1) is 17.3 Å². The first-order valence-electron chi connectivity index (χ1n) is 6.61. The molecule has 2 aromatic rings. The van der Waals surface area contributed by atoms with Gasteiger partial charge in [-0.15, -0.1) is 11.3 Å². The van der Waals surface area contributed by atoms with Crippen LogP contribution < -0.4 is 10.2 Å². The third-order valence-corrected chi connectivity index (χ3v) is 4.52. The lowest BCUT2D eigenvalue weighted by Gasteiger charge is -2.27. The van der Waals surface area contributed by atoms with Crippen LogP contribution in [0.1, 0.15) is 29.0 Å². The number of benzene rings is 1. The molecule has 0 aliphatic rings. The fourth-order valence-electron chi connectivity index (χ4n) is 2.22. The average Bonchev–Trinajstić information content (AvgIpc) is 3.00. The number of rotatable bonds is 5. The van der Waals surface area contributed by atoms with Gasteiger partial charge >= 0.3 is 0 Å². The molecule has 104 valence electrons. The van der Waals surface area contributed by atoms with E-state index in [0.717, 1.165) is 23.4 Å². The van der Waals surface area contributed by atoms with Crippen molar-refractivity contribution in [2.45, 2.75) is 19.5 Å². The molecule has 0 fully saturated rings. The van der Waals surface area contributed by atoms with E-state index < -0.39 is 0 Å². The molecule has 0 bridgehead atoms. The second-order valence-corrected chi connectivity index (χ2v) is 5.78. The molecule has 0 saturated carbocycles. The van der Waals surface area contributed by atoms with Crippen LogP contribution in [0.4, 0.5) is 5.69 Å². The van der Waals surface area contributed by atoms with Crippen molar-refractivity contribution >= 4 is 17.0 Å². The molecule has 0 aliphatic heterocycles. The maximum Gasteiger partial charge on any atom is 0.101 e. The van der Waals surface area contributed by atoms with Crippen LogP contribution >= 0.6 is 11.3 Å².